The van der Waals surface area contributed by atoms with Crippen molar-refractivity contribution in [3.05, 3.63) is 11.6 Å². The fourth-order valence-electron chi connectivity index (χ4n) is 11.6. The summed E-state index contributed by atoms with van der Waals surface area (Å²) in [5.41, 5.74) is 0.221. The van der Waals surface area contributed by atoms with Gasteiger partial charge in [0, 0.05) is 25.0 Å². The van der Waals surface area contributed by atoms with Crippen molar-refractivity contribution in [1.29, 1.82) is 0 Å². The number of carbonyl (C=O) groups excluding carboxylic acids is 1. The lowest BCUT2D eigenvalue weighted by atomic mass is 9.43. The largest absolute Gasteiger partial charge is 0.458 e. The van der Waals surface area contributed by atoms with Crippen LogP contribution >= 0.6 is 0 Å². The summed E-state index contributed by atoms with van der Waals surface area (Å²) in [7, 11) is 1.58. The number of ether oxygens (including phenoxy) is 6. The Kier molecular flexibility index (Phi) is 9.61. The van der Waals surface area contributed by atoms with E-state index in [0.29, 0.717) is 24.9 Å². The molecule has 6 fully saturated rings. The summed E-state index contributed by atoms with van der Waals surface area (Å²) in [6, 6.07) is 0. The molecule has 0 spiro atoms. The van der Waals surface area contributed by atoms with Gasteiger partial charge in [0.25, 0.3) is 0 Å². The summed E-state index contributed by atoms with van der Waals surface area (Å²) >= 11 is 0. The van der Waals surface area contributed by atoms with E-state index in [1.54, 1.807) is 13.2 Å². The van der Waals surface area contributed by atoms with Crippen LogP contribution in [0.5, 0.6) is 0 Å². The van der Waals surface area contributed by atoms with E-state index in [4.69, 9.17) is 28.4 Å². The first-order chi connectivity index (χ1) is 22.8. The monoisotopic (exact) mass is 680 g/mol. The van der Waals surface area contributed by atoms with Crippen molar-refractivity contribution in [3.8, 4) is 0 Å². The van der Waals surface area contributed by atoms with Crippen LogP contribution in [0.25, 0.3) is 0 Å². The number of esters is 1. The lowest BCUT2D eigenvalue weighted by Crippen LogP contribution is -2.62. The Labute approximate surface area is 283 Å². The molecule has 48 heavy (non-hydrogen) atoms. The summed E-state index contributed by atoms with van der Waals surface area (Å²) < 4.78 is 35.6. The molecular weight excluding hydrogens is 624 g/mol. The number of rotatable bonds is 7. The Bertz CT molecular complexity index is 1230. The molecule has 0 radical (unpaired) electrons. The van der Waals surface area contributed by atoms with Gasteiger partial charge in [-0.15, -0.1) is 0 Å². The molecule has 0 bridgehead atoms. The minimum absolute atomic E-state index is 0.0388. The quantitative estimate of drug-likeness (QED) is 0.196. The van der Waals surface area contributed by atoms with Gasteiger partial charge in [0.2, 0.25) is 0 Å². The second-order valence-electron chi connectivity index (χ2n) is 16.4. The number of hydrogen-bond acceptors (Lipinski definition) is 12. The lowest BCUT2D eigenvalue weighted by Gasteiger charge is -2.64. The third-order valence-electron chi connectivity index (χ3n) is 14.3. The summed E-state index contributed by atoms with van der Waals surface area (Å²) in [6.45, 7) is 6.40. The van der Waals surface area contributed by atoms with E-state index in [0.717, 1.165) is 63.4 Å². The standard InChI is InChI=1S/C36H56O12/c1-18-32(48-33-31(41)30(40)29(39)26(16-37)47-33)25(43-4)15-28(45-18)46-21-7-10-34(2)20(14-21)5-6-24-23(34)8-11-35(3)22(9-12-36(24,35)42)19-13-27(38)44-17-19/h13,18,20-26,28-33,37,39-42H,5-12,14-17H2,1-4H3/t18-,20+,21-,22+,23-,24+,25+,26+,28-,29+,30-,31+,32-,33-,34-,35+,36-/m0/s1. The molecule has 0 aromatic heterocycles. The van der Waals surface area contributed by atoms with Crippen LogP contribution in [-0.2, 0) is 33.2 Å². The van der Waals surface area contributed by atoms with Crippen molar-refractivity contribution in [1.82, 2.24) is 0 Å². The molecule has 3 aliphatic heterocycles. The van der Waals surface area contributed by atoms with E-state index in [1.165, 1.54) is 0 Å². The van der Waals surface area contributed by atoms with E-state index < -0.39 is 67.5 Å². The van der Waals surface area contributed by atoms with Gasteiger partial charge in [-0.1, -0.05) is 13.8 Å². The van der Waals surface area contributed by atoms with Crippen molar-refractivity contribution in [3.63, 3.8) is 0 Å². The normalized spacial score (nSPS) is 53.8. The number of aliphatic hydroxyl groups excluding tert-OH is 4. The molecule has 3 heterocycles. The summed E-state index contributed by atoms with van der Waals surface area (Å²) in [6.07, 6.45) is 1.91. The number of methoxy groups -OCH3 is 1. The van der Waals surface area contributed by atoms with Crippen LogP contribution in [0.2, 0.25) is 0 Å². The zero-order chi connectivity index (χ0) is 34.2. The predicted molar refractivity (Wildman–Crippen MR) is 169 cm³/mol. The fraction of sp³-hybridized carbons (Fsp3) is 0.917. The average molecular weight is 681 g/mol. The topological polar surface area (TPSA) is 174 Å². The van der Waals surface area contributed by atoms with Gasteiger partial charge >= 0.3 is 5.97 Å². The van der Waals surface area contributed by atoms with E-state index in [-0.39, 0.29) is 34.7 Å². The Morgan fingerprint density at radius 2 is 1.71 bits per heavy atom. The molecule has 7 rings (SSSR count). The van der Waals surface area contributed by atoms with Gasteiger partial charge in [-0.2, -0.15) is 0 Å². The molecule has 17 atom stereocenters. The van der Waals surface area contributed by atoms with Crippen LogP contribution in [0, 0.1) is 34.5 Å². The molecular formula is C36H56O12. The molecule has 12 nitrogen and oxygen atoms in total. The van der Waals surface area contributed by atoms with Crippen LogP contribution in [0.3, 0.4) is 0 Å². The number of fused-ring (bicyclic) bond motifs is 5. The minimum Gasteiger partial charge on any atom is -0.458 e. The lowest BCUT2D eigenvalue weighted by molar-refractivity contribution is -0.345. The van der Waals surface area contributed by atoms with Crippen LogP contribution in [0.4, 0.5) is 0 Å². The number of carbonyl (C=O) groups is 1. The number of hydrogen-bond donors (Lipinski definition) is 5. The van der Waals surface area contributed by atoms with Crippen LogP contribution < -0.4 is 0 Å². The van der Waals surface area contributed by atoms with Gasteiger partial charge in [-0.3, -0.25) is 0 Å². The van der Waals surface area contributed by atoms with E-state index in [2.05, 4.69) is 13.8 Å². The molecule has 5 N–H and O–H groups in total. The Morgan fingerprint density at radius 3 is 2.42 bits per heavy atom. The average Bonchev–Trinajstić information content (AvgIpc) is 3.61. The van der Waals surface area contributed by atoms with Crippen LogP contribution in [0.1, 0.15) is 85.0 Å². The third-order valence-corrected chi connectivity index (χ3v) is 14.3. The van der Waals surface area contributed by atoms with E-state index in [1.807, 2.05) is 6.92 Å². The highest BCUT2D eigenvalue weighted by molar-refractivity contribution is 5.85. The Morgan fingerprint density at radius 1 is 0.917 bits per heavy atom. The van der Waals surface area contributed by atoms with Gasteiger partial charge in [0.05, 0.1) is 30.5 Å². The highest BCUT2D eigenvalue weighted by atomic mass is 16.7. The maximum absolute atomic E-state index is 12.5. The zero-order valence-electron chi connectivity index (χ0n) is 28.7. The smallest absolute Gasteiger partial charge is 0.331 e. The third kappa shape index (κ3) is 5.61. The predicted octanol–water partition coefficient (Wildman–Crippen LogP) is 1.96. The summed E-state index contributed by atoms with van der Waals surface area (Å²) in [4.78, 5) is 11.9. The van der Waals surface area contributed by atoms with Crippen molar-refractivity contribution < 1.29 is 58.7 Å². The highest BCUT2D eigenvalue weighted by Gasteiger charge is 2.67. The second-order valence-corrected chi connectivity index (χ2v) is 16.4. The minimum atomic E-state index is -1.53. The second kappa shape index (κ2) is 13.1. The SMILES string of the molecule is CO[C@@H]1C[C@H](O[C@H]2CC[C@@]3(C)[C@H](CC[C@@H]4[C@@H]3CC[C@]3(C)[C@@H](C5=CC(=O)OC5)CC[C@]43O)C2)O[C@@H](C)[C@@H]1O[C@@H]1O[C@H](CO)[C@@H](O)[C@H](O)[C@H]1O. The first-order valence-electron chi connectivity index (χ1n) is 18.2. The van der Waals surface area contributed by atoms with E-state index >= 15 is 0 Å². The molecule has 0 aromatic carbocycles. The van der Waals surface area contributed by atoms with Crippen molar-refractivity contribution in [2.45, 2.75) is 152 Å². The molecule has 2 saturated heterocycles. The van der Waals surface area contributed by atoms with Crippen LogP contribution in [0.15, 0.2) is 11.6 Å². The zero-order valence-corrected chi connectivity index (χ0v) is 28.7. The maximum atomic E-state index is 12.5. The van der Waals surface area contributed by atoms with E-state index in [9.17, 15) is 30.3 Å². The van der Waals surface area contributed by atoms with Gasteiger partial charge in [-0.05, 0) is 99.4 Å². The molecule has 0 unspecified atom stereocenters. The van der Waals surface area contributed by atoms with Gasteiger partial charge in [0.15, 0.2) is 12.6 Å². The molecule has 0 aromatic rings. The van der Waals surface area contributed by atoms with Crippen molar-refractivity contribution in [2.24, 2.45) is 34.5 Å². The summed E-state index contributed by atoms with van der Waals surface area (Å²) in [5.74, 6) is 1.14. The molecule has 12 heteroatoms. The Hall–Kier alpha value is -1.19. The highest BCUT2D eigenvalue weighted by Crippen LogP contribution is 2.70. The molecule has 272 valence electrons. The van der Waals surface area contributed by atoms with Gasteiger partial charge < -0.3 is 54.0 Å². The fourth-order valence-corrected chi connectivity index (χ4v) is 11.6. The van der Waals surface area contributed by atoms with Crippen molar-refractivity contribution >= 4 is 5.97 Å². The van der Waals surface area contributed by atoms with Gasteiger partial charge in [0.1, 0.15) is 37.1 Å². The summed E-state index contributed by atoms with van der Waals surface area (Å²) in [5, 5.41) is 52.9. The first kappa shape index (κ1) is 35.2. The van der Waals surface area contributed by atoms with Crippen molar-refractivity contribution in [2.75, 3.05) is 20.3 Å². The molecule has 4 saturated carbocycles. The van der Waals surface area contributed by atoms with Crippen LogP contribution in [-0.4, -0.2) is 119 Å². The number of aliphatic hydroxyl groups is 5. The maximum Gasteiger partial charge on any atom is 0.331 e. The molecule has 4 aliphatic carbocycles. The van der Waals surface area contributed by atoms with Gasteiger partial charge in [-0.25, -0.2) is 4.79 Å². The Balaban J connectivity index is 0.971. The molecule has 0 amide bonds. The number of cyclic esters (lactones) is 1. The molecule has 7 aliphatic rings. The first-order valence-corrected chi connectivity index (χ1v) is 18.2.